The van der Waals surface area contributed by atoms with Crippen LogP contribution in [0.4, 0.5) is 0 Å². The zero-order valence-corrected chi connectivity index (χ0v) is 12.0. The van der Waals surface area contributed by atoms with Crippen LogP contribution in [0.3, 0.4) is 0 Å². The van der Waals surface area contributed by atoms with Crippen molar-refractivity contribution in [3.63, 3.8) is 0 Å². The number of halogens is 1. The summed E-state index contributed by atoms with van der Waals surface area (Å²) in [6, 6.07) is 2.38. The molecule has 0 aromatic carbocycles. The summed E-state index contributed by atoms with van der Waals surface area (Å²) in [5.74, 6) is 0. The predicted molar refractivity (Wildman–Crippen MR) is 72.4 cm³/mol. The summed E-state index contributed by atoms with van der Waals surface area (Å²) >= 11 is 5.39. The van der Waals surface area contributed by atoms with E-state index in [1.165, 1.54) is 39.9 Å². The molecule has 0 aliphatic rings. The number of aryl methyl sites for hydroxylation is 1. The SMILES string of the molecule is CCCCCCC(N)c1sc(C)cc1Br. The second kappa shape index (κ2) is 6.66. The lowest BCUT2D eigenvalue weighted by molar-refractivity contribution is 0.570. The van der Waals surface area contributed by atoms with Crippen LogP contribution in [-0.4, -0.2) is 0 Å². The van der Waals surface area contributed by atoms with Gasteiger partial charge in [-0.15, -0.1) is 11.3 Å². The Hall–Kier alpha value is 0.140. The zero-order chi connectivity index (χ0) is 11.3. The Bertz CT molecular complexity index is 296. The van der Waals surface area contributed by atoms with E-state index in [0.29, 0.717) is 0 Å². The Kier molecular flexibility index (Phi) is 5.87. The minimum atomic E-state index is 0.218. The van der Waals surface area contributed by atoms with Crippen LogP contribution in [0.2, 0.25) is 0 Å². The van der Waals surface area contributed by atoms with Gasteiger partial charge in [0.25, 0.3) is 0 Å². The van der Waals surface area contributed by atoms with Crippen molar-refractivity contribution in [2.45, 2.75) is 52.0 Å². The van der Waals surface area contributed by atoms with E-state index in [1.807, 2.05) is 11.3 Å². The molecule has 86 valence electrons. The first kappa shape index (κ1) is 13.2. The number of nitrogens with two attached hydrogens (primary N) is 1. The van der Waals surface area contributed by atoms with Crippen LogP contribution < -0.4 is 5.73 Å². The Balaban J connectivity index is 2.39. The number of hydrogen-bond acceptors (Lipinski definition) is 2. The Labute approximate surface area is 105 Å². The highest BCUT2D eigenvalue weighted by Gasteiger charge is 2.12. The minimum absolute atomic E-state index is 0.218. The molecule has 0 amide bonds. The number of hydrogen-bond donors (Lipinski definition) is 1. The van der Waals surface area contributed by atoms with Crippen LogP contribution in [-0.2, 0) is 0 Å². The first-order chi connectivity index (χ1) is 7.15. The first-order valence-corrected chi connectivity index (χ1v) is 7.27. The molecular formula is C12H20BrNS. The largest absolute Gasteiger partial charge is 0.323 e. The molecule has 0 radical (unpaired) electrons. The molecule has 0 saturated carbocycles. The third kappa shape index (κ3) is 4.25. The van der Waals surface area contributed by atoms with Crippen LogP contribution in [0.1, 0.15) is 54.8 Å². The predicted octanol–water partition coefficient (Wildman–Crippen LogP) is 4.79. The van der Waals surface area contributed by atoms with Gasteiger partial charge in [-0.25, -0.2) is 0 Å². The fourth-order valence-electron chi connectivity index (χ4n) is 1.68. The topological polar surface area (TPSA) is 26.0 Å². The average molecular weight is 290 g/mol. The van der Waals surface area contributed by atoms with E-state index in [2.05, 4.69) is 35.8 Å². The van der Waals surface area contributed by atoms with Crippen molar-refractivity contribution in [2.75, 3.05) is 0 Å². The summed E-state index contributed by atoms with van der Waals surface area (Å²) in [4.78, 5) is 2.64. The molecule has 2 N–H and O–H groups in total. The van der Waals surface area contributed by atoms with Crippen molar-refractivity contribution in [1.29, 1.82) is 0 Å². The lowest BCUT2D eigenvalue weighted by Gasteiger charge is -2.09. The number of unbranched alkanes of at least 4 members (excludes halogenated alkanes) is 3. The fraction of sp³-hybridized carbons (Fsp3) is 0.667. The molecule has 0 saturated heterocycles. The maximum Gasteiger partial charge on any atom is 0.0401 e. The van der Waals surface area contributed by atoms with Gasteiger partial charge in [0.15, 0.2) is 0 Å². The van der Waals surface area contributed by atoms with E-state index < -0.39 is 0 Å². The quantitative estimate of drug-likeness (QED) is 0.749. The van der Waals surface area contributed by atoms with Crippen molar-refractivity contribution < 1.29 is 0 Å². The molecule has 1 aromatic rings. The molecule has 0 bridgehead atoms. The highest BCUT2D eigenvalue weighted by molar-refractivity contribution is 9.10. The molecule has 15 heavy (non-hydrogen) atoms. The summed E-state index contributed by atoms with van der Waals surface area (Å²) in [5, 5.41) is 0. The van der Waals surface area contributed by atoms with E-state index in [9.17, 15) is 0 Å². The van der Waals surface area contributed by atoms with Crippen molar-refractivity contribution in [3.05, 3.63) is 20.3 Å². The molecule has 0 aliphatic heterocycles. The standard InChI is InChI=1S/C12H20BrNS/c1-3-4-5-6-7-11(14)12-10(13)8-9(2)15-12/h8,11H,3-7,14H2,1-2H3. The smallest absolute Gasteiger partial charge is 0.0401 e. The second-order valence-corrected chi connectivity index (χ2v) is 6.17. The maximum absolute atomic E-state index is 6.17. The van der Waals surface area contributed by atoms with Gasteiger partial charge < -0.3 is 5.73 Å². The van der Waals surface area contributed by atoms with Gasteiger partial charge in [-0.1, -0.05) is 32.6 Å². The van der Waals surface area contributed by atoms with Crippen LogP contribution in [0.5, 0.6) is 0 Å². The molecular weight excluding hydrogens is 270 g/mol. The van der Waals surface area contributed by atoms with Gasteiger partial charge in [-0.2, -0.15) is 0 Å². The Morgan fingerprint density at radius 3 is 2.67 bits per heavy atom. The lowest BCUT2D eigenvalue weighted by Crippen LogP contribution is -2.08. The summed E-state index contributed by atoms with van der Waals surface area (Å²) in [6.07, 6.45) is 6.29. The van der Waals surface area contributed by atoms with Crippen LogP contribution in [0.15, 0.2) is 10.5 Å². The minimum Gasteiger partial charge on any atom is -0.323 e. The van der Waals surface area contributed by atoms with Crippen LogP contribution in [0, 0.1) is 6.92 Å². The van der Waals surface area contributed by atoms with Crippen molar-refractivity contribution >= 4 is 27.3 Å². The molecule has 0 aliphatic carbocycles. The van der Waals surface area contributed by atoms with E-state index in [4.69, 9.17) is 5.73 Å². The molecule has 0 fully saturated rings. The number of rotatable bonds is 6. The molecule has 1 rings (SSSR count). The monoisotopic (exact) mass is 289 g/mol. The van der Waals surface area contributed by atoms with Crippen LogP contribution >= 0.6 is 27.3 Å². The average Bonchev–Trinajstić information content (AvgIpc) is 2.52. The van der Waals surface area contributed by atoms with Crippen LogP contribution in [0.25, 0.3) is 0 Å². The van der Waals surface area contributed by atoms with Crippen molar-refractivity contribution in [3.8, 4) is 0 Å². The van der Waals surface area contributed by atoms with Gasteiger partial charge in [0, 0.05) is 20.3 Å². The molecule has 1 nitrogen and oxygen atoms in total. The van der Waals surface area contributed by atoms with Crippen molar-refractivity contribution in [2.24, 2.45) is 5.73 Å². The van der Waals surface area contributed by atoms with Gasteiger partial charge in [0.2, 0.25) is 0 Å². The van der Waals surface area contributed by atoms with E-state index in [-0.39, 0.29) is 6.04 Å². The third-order valence-electron chi connectivity index (χ3n) is 2.54. The lowest BCUT2D eigenvalue weighted by atomic mass is 10.1. The molecule has 0 spiro atoms. The molecule has 1 heterocycles. The first-order valence-electron chi connectivity index (χ1n) is 5.66. The summed E-state index contributed by atoms with van der Waals surface area (Å²) < 4.78 is 1.19. The zero-order valence-electron chi connectivity index (χ0n) is 9.55. The van der Waals surface area contributed by atoms with Gasteiger partial charge in [0.05, 0.1) is 0 Å². The maximum atomic E-state index is 6.17. The molecule has 3 heteroatoms. The summed E-state index contributed by atoms with van der Waals surface area (Å²) in [6.45, 7) is 4.36. The Morgan fingerprint density at radius 1 is 1.40 bits per heavy atom. The molecule has 1 atom stereocenters. The van der Waals surface area contributed by atoms with Gasteiger partial charge in [-0.3, -0.25) is 0 Å². The Morgan fingerprint density at radius 2 is 2.13 bits per heavy atom. The molecule has 1 aromatic heterocycles. The van der Waals surface area contributed by atoms with E-state index in [0.717, 1.165) is 6.42 Å². The third-order valence-corrected chi connectivity index (χ3v) is 4.64. The van der Waals surface area contributed by atoms with Gasteiger partial charge in [0.1, 0.15) is 0 Å². The van der Waals surface area contributed by atoms with E-state index in [1.54, 1.807) is 0 Å². The second-order valence-electron chi connectivity index (χ2n) is 4.03. The fourth-order valence-corrected chi connectivity index (χ4v) is 3.66. The summed E-state index contributed by atoms with van der Waals surface area (Å²) in [5.41, 5.74) is 6.17. The highest BCUT2D eigenvalue weighted by atomic mass is 79.9. The van der Waals surface area contributed by atoms with Gasteiger partial charge in [-0.05, 0) is 35.3 Å². The van der Waals surface area contributed by atoms with Crippen molar-refractivity contribution in [1.82, 2.24) is 0 Å². The summed E-state index contributed by atoms with van der Waals surface area (Å²) in [7, 11) is 0. The van der Waals surface area contributed by atoms with E-state index >= 15 is 0 Å². The molecule has 1 unspecified atom stereocenters. The highest BCUT2D eigenvalue weighted by Crippen LogP contribution is 2.33. The normalized spacial score (nSPS) is 13.1. The van der Waals surface area contributed by atoms with Gasteiger partial charge >= 0.3 is 0 Å². The number of thiophene rings is 1.